The van der Waals surface area contributed by atoms with Crippen molar-refractivity contribution >= 4 is 79.0 Å². The monoisotopic (exact) mass is 1050 g/mol. The number of benzene rings is 1. The zero-order chi connectivity index (χ0) is 50.7. The van der Waals surface area contributed by atoms with E-state index >= 15 is 0 Å². The number of H-pyrrole nitrogens is 1. The number of rotatable bonds is 12. The molecule has 25 nitrogen and oxygen atoms in total. The van der Waals surface area contributed by atoms with E-state index in [1.165, 1.54) is 30.1 Å². The molecule has 2 aliphatic heterocycles. The normalized spacial score (nSPS) is 28.0. The van der Waals surface area contributed by atoms with Crippen LogP contribution in [-0.2, 0) is 52.8 Å². The number of imidazole rings is 1. The molecule has 3 aromatic heterocycles. The Balaban J connectivity index is 1.04. The van der Waals surface area contributed by atoms with Crippen LogP contribution in [0, 0.1) is 11.8 Å². The van der Waals surface area contributed by atoms with Gasteiger partial charge in [0.05, 0.1) is 25.6 Å². The zero-order valence-electron chi connectivity index (χ0n) is 38.6. The molecule has 5 heterocycles. The van der Waals surface area contributed by atoms with Crippen molar-refractivity contribution in [2.24, 2.45) is 11.8 Å². The van der Waals surface area contributed by atoms with E-state index in [1.54, 1.807) is 58.9 Å². The predicted octanol–water partition coefficient (Wildman–Crippen LogP) is 3.84. The Labute approximate surface area is 411 Å². The van der Waals surface area contributed by atoms with Crippen LogP contribution in [-0.4, -0.2) is 120 Å². The molecule has 70 heavy (non-hydrogen) atoms. The summed E-state index contributed by atoms with van der Waals surface area (Å²) >= 11 is 8.39. The van der Waals surface area contributed by atoms with Gasteiger partial charge in [-0.3, -0.25) is 47.6 Å². The maximum absolute atomic E-state index is 13.9. The first-order chi connectivity index (χ1) is 33.0. The van der Waals surface area contributed by atoms with Gasteiger partial charge in [-0.2, -0.15) is 4.98 Å². The fourth-order valence-electron chi connectivity index (χ4n) is 7.81. The van der Waals surface area contributed by atoms with E-state index in [1.807, 2.05) is 0 Å². The molecule has 11 atom stereocenters. The Morgan fingerprint density at radius 1 is 0.971 bits per heavy atom. The van der Waals surface area contributed by atoms with E-state index in [-0.39, 0.29) is 54.6 Å². The second kappa shape index (κ2) is 21.8. The van der Waals surface area contributed by atoms with E-state index in [9.17, 15) is 38.2 Å². The number of fused-ring (bicyclic) bond motifs is 4. The summed E-state index contributed by atoms with van der Waals surface area (Å²) in [6.45, 7) is 0.439. The molecule has 6 N–H and O–H groups in total. The Hall–Kier alpha value is -4.95. The number of hydrogen-bond donors (Lipinski definition) is 8. The first-order valence-electron chi connectivity index (χ1n) is 22.0. The van der Waals surface area contributed by atoms with Gasteiger partial charge in [0, 0.05) is 36.7 Å². The highest BCUT2D eigenvalue weighted by Gasteiger charge is 2.51. The summed E-state index contributed by atoms with van der Waals surface area (Å²) in [7, 11) is 0. The van der Waals surface area contributed by atoms with Crippen molar-refractivity contribution in [3.8, 4) is 5.88 Å². The number of nitrogens with one attached hydrogen (secondary N) is 5. The van der Waals surface area contributed by atoms with Crippen molar-refractivity contribution < 1.29 is 65.7 Å². The number of carbonyl (C=O) groups is 4. The lowest BCUT2D eigenvalue weighted by molar-refractivity contribution is -0.130. The SMILES string of the molecule is CC(C)[C@H](NC(=O)OC(C)(C)C)C(=O)N[C@@H](C)C(=O)NCc1ccccc1C(=O)Nc1nc2c(ncn2[C@@H]2O[C@@H]3CO[P@@](=O)(S)O[C@H]4C[C@H](Oc5ccncn5)C[C@@H]4CO[P@@](=O)(S)O[C@@H]2[C@@H]3O)c(=O)[nH]1. The highest BCUT2D eigenvalue weighted by atomic mass is 32.7. The topological polar surface area (TPSA) is 325 Å². The van der Waals surface area contributed by atoms with Crippen LogP contribution >= 0.6 is 38.1 Å². The van der Waals surface area contributed by atoms with E-state index < -0.39 is 110 Å². The van der Waals surface area contributed by atoms with Gasteiger partial charge in [-0.05, 0) is 51.7 Å². The number of amides is 4. The van der Waals surface area contributed by atoms with E-state index in [2.05, 4.69) is 70.7 Å². The number of aromatic nitrogens is 6. The van der Waals surface area contributed by atoms with Crippen molar-refractivity contribution in [3.63, 3.8) is 0 Å². The van der Waals surface area contributed by atoms with Crippen LogP contribution in [0.1, 0.15) is 76.5 Å². The minimum atomic E-state index is -4.36. The van der Waals surface area contributed by atoms with Crippen LogP contribution in [0.5, 0.6) is 5.88 Å². The largest absolute Gasteiger partial charge is 0.474 e. The lowest BCUT2D eigenvalue weighted by atomic mass is 10.0. The number of carbonyl (C=O) groups excluding carboxylic acids is 4. The highest BCUT2D eigenvalue weighted by Crippen LogP contribution is 2.60. The molecule has 0 radical (unpaired) electrons. The molecule has 3 fully saturated rings. The maximum atomic E-state index is 13.9. The standard InChI is InChI=1S/C41H54N10O15P2S2/c1-20(2)29(47-40(57)64-41(4,5)6)36(55)46-21(3)34(53)43-15-22-9-7-8-10-25(22)35(54)49-39-48-33-30(37(56)50-39)45-19-51(33)38-32-31(52)27(63-38)17-61-67(58,69)65-26-14-24(62-28-11-12-42-18-44-28)13-23(26)16-60-68(59,70)66-32/h7-12,18-21,23-24,26-27,29,31-32,38,52H,13-17H2,1-6H3,(H,43,53)(H,46,55)(H,47,57)(H,58,69)(H,59,70)(H2,48,49,50,54,56)/t21-,23+,24+,26-,27+,29-,31+,32+,38+,67+,68+/m0/s1. The molecular weight excluding hydrogens is 999 g/mol. The summed E-state index contributed by atoms with van der Waals surface area (Å²) in [5.41, 5.74) is -1.56. The van der Waals surface area contributed by atoms with Crippen molar-refractivity contribution in [1.29, 1.82) is 0 Å². The molecule has 2 bridgehead atoms. The fourth-order valence-corrected chi connectivity index (χ4v) is 10.9. The lowest BCUT2D eigenvalue weighted by Gasteiger charge is -2.26. The number of anilines is 1. The quantitative estimate of drug-likeness (QED) is 0.0738. The molecule has 4 amide bonds. The molecule has 4 aromatic rings. The van der Waals surface area contributed by atoms with Gasteiger partial charge in [0.15, 0.2) is 17.4 Å². The van der Waals surface area contributed by atoms with Gasteiger partial charge in [0.25, 0.3) is 11.5 Å². The average molecular weight is 1050 g/mol. The molecule has 1 aliphatic carbocycles. The first-order valence-corrected chi connectivity index (χ1v) is 27.4. The van der Waals surface area contributed by atoms with E-state index in [0.717, 1.165) is 6.33 Å². The van der Waals surface area contributed by atoms with E-state index in [4.69, 9.17) is 32.3 Å². The third kappa shape index (κ3) is 13.3. The summed E-state index contributed by atoms with van der Waals surface area (Å²) in [5, 5.41) is 21.9. The van der Waals surface area contributed by atoms with Gasteiger partial charge in [0.1, 0.15) is 48.4 Å². The number of nitrogens with zero attached hydrogens (tertiary/aromatic N) is 5. The van der Waals surface area contributed by atoms with Crippen molar-refractivity contribution in [3.05, 3.63) is 70.7 Å². The third-order valence-corrected chi connectivity index (χ3v) is 14.4. The number of hydrogen-bond acceptors (Lipinski definition) is 19. The molecular formula is C41H54N10O15P2S2. The Kier molecular flexibility index (Phi) is 16.5. The molecule has 7 rings (SSSR count). The number of aliphatic hydroxyl groups excluding tert-OH is 1. The summed E-state index contributed by atoms with van der Waals surface area (Å²) in [5.74, 6) is -2.92. The number of thiol groups is 2. The summed E-state index contributed by atoms with van der Waals surface area (Å²) in [4.78, 5) is 84.9. The molecule has 1 aromatic carbocycles. The van der Waals surface area contributed by atoms with Gasteiger partial charge in [-0.25, -0.2) is 28.9 Å². The van der Waals surface area contributed by atoms with Crippen LogP contribution in [0.3, 0.4) is 0 Å². The molecule has 1 saturated carbocycles. The van der Waals surface area contributed by atoms with Crippen LogP contribution in [0.4, 0.5) is 10.7 Å². The van der Waals surface area contributed by atoms with Crippen molar-refractivity contribution in [2.45, 2.75) is 115 Å². The molecule has 0 unspecified atom stereocenters. The van der Waals surface area contributed by atoms with Crippen LogP contribution < -0.4 is 31.6 Å². The maximum Gasteiger partial charge on any atom is 0.408 e. The second-order valence-electron chi connectivity index (χ2n) is 18.0. The molecule has 380 valence electrons. The summed E-state index contributed by atoms with van der Waals surface area (Å²) in [6.07, 6.45) is -3.56. The lowest BCUT2D eigenvalue weighted by Crippen LogP contribution is -2.55. The van der Waals surface area contributed by atoms with Gasteiger partial charge in [-0.15, -0.1) is 0 Å². The predicted molar refractivity (Wildman–Crippen MR) is 254 cm³/mol. The Morgan fingerprint density at radius 2 is 1.70 bits per heavy atom. The van der Waals surface area contributed by atoms with Crippen LogP contribution in [0.2, 0.25) is 0 Å². The Bertz CT molecular complexity index is 2730. The third-order valence-electron chi connectivity index (χ3n) is 11.1. The minimum Gasteiger partial charge on any atom is -0.474 e. The van der Waals surface area contributed by atoms with Gasteiger partial charge >= 0.3 is 19.7 Å². The second-order valence-corrected chi connectivity index (χ2v) is 23.7. The smallest absolute Gasteiger partial charge is 0.408 e. The number of aliphatic hydroxyl groups is 1. The van der Waals surface area contributed by atoms with Crippen LogP contribution in [0.15, 0.2) is 54.0 Å². The highest BCUT2D eigenvalue weighted by molar-refractivity contribution is 8.44. The number of ether oxygens (including phenoxy) is 3. The van der Waals surface area contributed by atoms with Gasteiger partial charge in [0.2, 0.25) is 23.6 Å². The Morgan fingerprint density at radius 3 is 2.41 bits per heavy atom. The molecule has 2 saturated heterocycles. The number of alkyl carbamates (subject to hydrolysis) is 1. The summed E-state index contributed by atoms with van der Waals surface area (Å²) < 4.78 is 69.1. The van der Waals surface area contributed by atoms with Gasteiger partial charge in [-0.1, -0.05) is 56.5 Å². The molecule has 29 heteroatoms. The minimum absolute atomic E-state index is 0.0802. The summed E-state index contributed by atoms with van der Waals surface area (Å²) in [6, 6.07) is 5.78. The zero-order valence-corrected chi connectivity index (χ0v) is 42.2. The van der Waals surface area contributed by atoms with Crippen molar-refractivity contribution in [2.75, 3.05) is 18.5 Å². The van der Waals surface area contributed by atoms with Crippen LogP contribution in [0.25, 0.3) is 11.2 Å². The number of aromatic amines is 1. The average Bonchev–Trinajstić information content (AvgIpc) is 3.96. The van der Waals surface area contributed by atoms with E-state index in [0.29, 0.717) is 11.4 Å². The van der Waals surface area contributed by atoms with Gasteiger partial charge < -0.3 is 39.8 Å². The molecule has 0 spiro atoms. The van der Waals surface area contributed by atoms with Crippen molar-refractivity contribution in [1.82, 2.24) is 45.4 Å². The first kappa shape index (κ1) is 52.9. The molecule has 3 aliphatic rings. The fraction of sp³-hybridized carbons (Fsp3) is 0.537.